The van der Waals surface area contributed by atoms with E-state index in [0.717, 1.165) is 31.7 Å². The van der Waals surface area contributed by atoms with Crippen molar-refractivity contribution in [1.82, 2.24) is 10.1 Å². The third-order valence-electron chi connectivity index (χ3n) is 5.08. The summed E-state index contributed by atoms with van der Waals surface area (Å²) >= 11 is 0. The van der Waals surface area contributed by atoms with E-state index in [1.54, 1.807) is 10.7 Å². The Morgan fingerprint density at radius 1 is 1.32 bits per heavy atom. The van der Waals surface area contributed by atoms with E-state index in [9.17, 15) is 13.2 Å². The zero-order chi connectivity index (χ0) is 22.4. The highest BCUT2D eigenvalue weighted by molar-refractivity contribution is 5.70. The Bertz CT molecular complexity index is 949. The summed E-state index contributed by atoms with van der Waals surface area (Å²) in [4.78, 5) is 4.29. The number of aromatic nitrogens is 2. The normalized spacial score (nSPS) is 16.9. The lowest BCUT2D eigenvalue weighted by molar-refractivity contribution is -0.555. The van der Waals surface area contributed by atoms with Crippen LogP contribution in [0, 0.1) is 0 Å². The molecule has 1 saturated heterocycles. The zero-order valence-corrected chi connectivity index (χ0v) is 17.4. The lowest BCUT2D eigenvalue weighted by Crippen LogP contribution is -2.35. The van der Waals surface area contributed by atoms with Crippen LogP contribution in [-0.4, -0.2) is 33.8 Å². The molecular weight excluding hydrogens is 411 g/mol. The third kappa shape index (κ3) is 5.56. The molecular formula is C21H27F3N5O2+. The van der Waals surface area contributed by atoms with Gasteiger partial charge in [0.05, 0.1) is 12.1 Å². The molecule has 1 aromatic heterocycles. The topological polar surface area (TPSA) is 103 Å². The van der Waals surface area contributed by atoms with Crippen LogP contribution in [0.4, 0.5) is 13.2 Å². The number of allylic oxidation sites excluding steroid dienone is 1. The van der Waals surface area contributed by atoms with Gasteiger partial charge in [0.15, 0.2) is 6.04 Å². The highest BCUT2D eigenvalue weighted by atomic mass is 19.4. The maximum Gasteiger partial charge on any atom is 0.419 e. The van der Waals surface area contributed by atoms with Crippen molar-refractivity contribution in [2.75, 3.05) is 13.2 Å². The van der Waals surface area contributed by atoms with Gasteiger partial charge in [0.25, 0.3) is 5.89 Å². The molecule has 168 valence electrons. The molecule has 0 amide bonds. The predicted octanol–water partition coefficient (Wildman–Crippen LogP) is 4.00. The summed E-state index contributed by atoms with van der Waals surface area (Å²) in [6, 6.07) is 3.45. The monoisotopic (exact) mass is 438 g/mol. The largest absolute Gasteiger partial charge is 0.489 e. The van der Waals surface area contributed by atoms with Crippen molar-refractivity contribution < 1.29 is 27.0 Å². The first-order valence-corrected chi connectivity index (χ1v) is 10.3. The first-order valence-electron chi connectivity index (χ1n) is 10.3. The van der Waals surface area contributed by atoms with Crippen LogP contribution in [0.25, 0.3) is 11.4 Å². The van der Waals surface area contributed by atoms with Crippen molar-refractivity contribution in [3.63, 3.8) is 0 Å². The van der Waals surface area contributed by atoms with Crippen molar-refractivity contribution in [1.29, 1.82) is 0 Å². The average Bonchev–Trinajstić information content (AvgIpc) is 3.39. The van der Waals surface area contributed by atoms with Crippen LogP contribution in [0.5, 0.6) is 5.75 Å². The SMILES string of the molecule is CCCC/C=C/COc1ccc(-c2noc([C@@H]3CCC[N+]3=C(N)N)n2)cc1C(F)(F)F. The molecule has 1 aliphatic rings. The van der Waals surface area contributed by atoms with Crippen LogP contribution in [0.3, 0.4) is 0 Å². The maximum atomic E-state index is 13.6. The van der Waals surface area contributed by atoms with E-state index in [-0.39, 0.29) is 41.6 Å². The quantitative estimate of drug-likeness (QED) is 0.279. The molecule has 0 unspecified atom stereocenters. The number of halogens is 3. The van der Waals surface area contributed by atoms with Crippen LogP contribution in [0.1, 0.15) is 56.5 Å². The Kier molecular flexibility index (Phi) is 7.19. The van der Waals surface area contributed by atoms with Gasteiger partial charge in [-0.15, -0.1) is 0 Å². The second-order valence-corrected chi connectivity index (χ2v) is 7.37. The fraction of sp³-hybridized carbons (Fsp3) is 0.476. The molecule has 1 fully saturated rings. The fourth-order valence-corrected chi connectivity index (χ4v) is 3.48. The number of rotatable bonds is 8. The third-order valence-corrected chi connectivity index (χ3v) is 5.08. The van der Waals surface area contributed by atoms with Gasteiger partial charge >= 0.3 is 12.1 Å². The van der Waals surface area contributed by atoms with Gasteiger partial charge in [0.1, 0.15) is 12.4 Å². The van der Waals surface area contributed by atoms with E-state index in [0.29, 0.717) is 13.0 Å². The first-order chi connectivity index (χ1) is 14.8. The molecule has 4 N–H and O–H groups in total. The number of hydrogen-bond acceptors (Lipinski definition) is 4. The van der Waals surface area contributed by atoms with Crippen molar-refractivity contribution in [2.24, 2.45) is 11.5 Å². The summed E-state index contributed by atoms with van der Waals surface area (Å²) < 4.78 is 53.2. The number of unbranched alkanes of at least 4 members (excludes halogenated alkanes) is 2. The lowest BCUT2D eigenvalue weighted by atomic mass is 10.1. The molecule has 2 heterocycles. The molecule has 3 rings (SSSR count). The van der Waals surface area contributed by atoms with Gasteiger partial charge in [0.2, 0.25) is 5.82 Å². The van der Waals surface area contributed by atoms with Crippen molar-refractivity contribution >= 4 is 5.96 Å². The van der Waals surface area contributed by atoms with Gasteiger partial charge in [-0.25, -0.2) is 0 Å². The van der Waals surface area contributed by atoms with Crippen molar-refractivity contribution in [3.05, 3.63) is 41.8 Å². The minimum absolute atomic E-state index is 0.0625. The zero-order valence-electron chi connectivity index (χ0n) is 17.4. The summed E-state index contributed by atoms with van der Waals surface area (Å²) in [6.07, 6.45) is 3.56. The van der Waals surface area contributed by atoms with E-state index < -0.39 is 11.7 Å². The summed E-state index contributed by atoms with van der Waals surface area (Å²) in [5.41, 5.74) is 10.7. The maximum absolute atomic E-state index is 13.6. The second kappa shape index (κ2) is 9.84. The molecule has 0 spiro atoms. The molecule has 7 nitrogen and oxygen atoms in total. The van der Waals surface area contributed by atoms with Crippen LogP contribution in [-0.2, 0) is 6.18 Å². The Morgan fingerprint density at radius 3 is 2.84 bits per heavy atom. The first kappa shape index (κ1) is 22.6. The van der Waals surface area contributed by atoms with Gasteiger partial charge < -0.3 is 9.26 Å². The summed E-state index contributed by atoms with van der Waals surface area (Å²) in [5, 5.41) is 3.86. The van der Waals surface area contributed by atoms with E-state index in [2.05, 4.69) is 17.1 Å². The van der Waals surface area contributed by atoms with Gasteiger partial charge in [-0.2, -0.15) is 18.2 Å². The number of alkyl halides is 3. The summed E-state index contributed by atoms with van der Waals surface area (Å²) in [5.74, 6) is 0.236. The van der Waals surface area contributed by atoms with E-state index in [1.165, 1.54) is 12.1 Å². The van der Waals surface area contributed by atoms with Gasteiger partial charge in [-0.3, -0.25) is 16.0 Å². The highest BCUT2D eigenvalue weighted by Crippen LogP contribution is 2.39. The predicted molar refractivity (Wildman–Crippen MR) is 109 cm³/mol. The number of hydrogen-bond donors (Lipinski definition) is 2. The fourth-order valence-electron chi connectivity index (χ4n) is 3.48. The highest BCUT2D eigenvalue weighted by Gasteiger charge is 2.36. The number of nitrogens with zero attached hydrogens (tertiary/aromatic N) is 3. The van der Waals surface area contributed by atoms with Crippen LogP contribution >= 0.6 is 0 Å². The molecule has 1 aliphatic heterocycles. The number of guanidine groups is 1. The lowest BCUT2D eigenvalue weighted by Gasteiger charge is -2.14. The molecule has 1 atom stereocenters. The van der Waals surface area contributed by atoms with Crippen molar-refractivity contribution in [2.45, 2.75) is 51.2 Å². The second-order valence-electron chi connectivity index (χ2n) is 7.37. The molecule has 0 saturated carbocycles. The molecule has 0 radical (unpaired) electrons. The summed E-state index contributed by atoms with van der Waals surface area (Å²) in [7, 11) is 0. The molecule has 31 heavy (non-hydrogen) atoms. The summed E-state index contributed by atoms with van der Waals surface area (Å²) in [6.45, 7) is 2.79. The molecule has 1 aromatic carbocycles. The molecule has 0 bridgehead atoms. The smallest absolute Gasteiger partial charge is 0.419 e. The standard InChI is InChI=1S/C21H26F3N5O2/c1-2-3-4-5-6-12-30-17-10-9-14(13-15(17)21(22,23)24)18-27-19(31-28-18)16-8-7-11-29(16)20(25)26/h5-6,9-10,13,16H,2-4,7-8,11-12H2,1H3,(H3,25,26)/p+1/b6-5+/t16-/m0/s1. The minimum Gasteiger partial charge on any atom is -0.489 e. The molecule has 2 aromatic rings. The van der Waals surface area contributed by atoms with E-state index in [1.807, 2.05) is 6.08 Å². The Morgan fingerprint density at radius 2 is 2.13 bits per heavy atom. The van der Waals surface area contributed by atoms with Crippen LogP contribution in [0.15, 0.2) is 34.9 Å². The number of ether oxygens (including phenoxy) is 1. The van der Waals surface area contributed by atoms with Crippen LogP contribution < -0.4 is 16.2 Å². The molecule has 10 heteroatoms. The Labute approximate surface area is 178 Å². The van der Waals surface area contributed by atoms with E-state index in [4.69, 9.17) is 20.7 Å². The van der Waals surface area contributed by atoms with Gasteiger partial charge in [-0.05, 0) is 37.5 Å². The minimum atomic E-state index is -4.59. The Balaban J connectivity index is 1.81. The molecule has 0 aliphatic carbocycles. The van der Waals surface area contributed by atoms with Crippen LogP contribution in [0.2, 0.25) is 0 Å². The van der Waals surface area contributed by atoms with Gasteiger partial charge in [-0.1, -0.05) is 37.1 Å². The Hall–Kier alpha value is -3.04. The number of nitrogens with two attached hydrogens (primary N) is 2. The van der Waals surface area contributed by atoms with Gasteiger partial charge in [0, 0.05) is 5.56 Å². The van der Waals surface area contributed by atoms with E-state index >= 15 is 0 Å². The average molecular weight is 438 g/mol. The van der Waals surface area contributed by atoms with Crippen molar-refractivity contribution in [3.8, 4) is 17.1 Å². The number of benzene rings is 1.